The zero-order valence-electron chi connectivity index (χ0n) is 20.6. The average Bonchev–Trinajstić information content (AvgIpc) is 3.23. The fourth-order valence-electron chi connectivity index (χ4n) is 5.05. The summed E-state index contributed by atoms with van der Waals surface area (Å²) in [4.78, 5) is 46.2. The van der Waals surface area contributed by atoms with Crippen LogP contribution in [0.2, 0.25) is 0 Å². The van der Waals surface area contributed by atoms with Crippen LogP contribution in [0.25, 0.3) is 5.76 Å². The summed E-state index contributed by atoms with van der Waals surface area (Å²) in [6.45, 7) is 3.27. The summed E-state index contributed by atoms with van der Waals surface area (Å²) >= 11 is 0. The fraction of sp³-hybridized carbons (Fsp3) is 0.370. The van der Waals surface area contributed by atoms with Crippen LogP contribution in [0, 0.1) is 0 Å². The predicted molar refractivity (Wildman–Crippen MR) is 133 cm³/mol. The van der Waals surface area contributed by atoms with Gasteiger partial charge in [-0.15, -0.1) is 0 Å². The van der Waals surface area contributed by atoms with Gasteiger partial charge in [-0.3, -0.25) is 14.4 Å². The third kappa shape index (κ3) is 3.78. The van der Waals surface area contributed by atoms with E-state index in [4.69, 9.17) is 4.74 Å². The summed E-state index contributed by atoms with van der Waals surface area (Å²) in [5.74, 6) is -1.82. The minimum Gasteiger partial charge on any atom is -0.507 e. The highest BCUT2D eigenvalue weighted by molar-refractivity contribution is 6.50. The molecule has 0 aliphatic carbocycles. The second kappa shape index (κ2) is 9.54. The topological polar surface area (TPSA) is 90.4 Å². The number of nitrogens with zero attached hydrogens (tertiary/aromatic N) is 3. The molecule has 1 N–H and O–H groups in total. The molecular formula is C27H31N3O5. The van der Waals surface area contributed by atoms with Gasteiger partial charge in [-0.25, -0.2) is 0 Å². The number of carbonyl (C=O) groups is 3. The molecule has 0 radical (unpaired) electrons. The predicted octanol–water partition coefficient (Wildman–Crippen LogP) is 2.98. The van der Waals surface area contributed by atoms with Gasteiger partial charge in [-0.2, -0.15) is 0 Å². The van der Waals surface area contributed by atoms with Crippen molar-refractivity contribution in [2.45, 2.75) is 25.3 Å². The van der Waals surface area contributed by atoms with E-state index >= 15 is 0 Å². The van der Waals surface area contributed by atoms with Crippen LogP contribution in [-0.2, 0) is 19.9 Å². The van der Waals surface area contributed by atoms with E-state index in [2.05, 4.69) is 0 Å². The number of ether oxygens (including phenoxy) is 1. The number of benzene rings is 2. The Hall–Kier alpha value is -3.65. The van der Waals surface area contributed by atoms with Gasteiger partial charge in [-0.05, 0) is 63.8 Å². The molecule has 0 bridgehead atoms. The molecule has 2 aliphatic rings. The number of aliphatic hydroxyl groups excluding tert-OH is 1. The molecule has 4 rings (SSSR count). The van der Waals surface area contributed by atoms with E-state index in [-0.39, 0.29) is 23.8 Å². The monoisotopic (exact) mass is 477 g/mol. The van der Waals surface area contributed by atoms with E-state index in [9.17, 15) is 19.5 Å². The summed E-state index contributed by atoms with van der Waals surface area (Å²) < 4.78 is 5.20. The molecule has 8 nitrogen and oxygen atoms in total. The van der Waals surface area contributed by atoms with Crippen molar-refractivity contribution in [2.24, 2.45) is 0 Å². The zero-order chi connectivity index (χ0) is 25.3. The number of anilines is 1. The van der Waals surface area contributed by atoms with Crippen molar-refractivity contribution in [3.05, 3.63) is 65.2 Å². The molecule has 2 aromatic rings. The van der Waals surface area contributed by atoms with Crippen molar-refractivity contribution in [3.63, 3.8) is 0 Å². The van der Waals surface area contributed by atoms with E-state index in [1.54, 1.807) is 41.3 Å². The molecule has 0 aromatic heterocycles. The highest BCUT2D eigenvalue weighted by Gasteiger charge is 2.66. The second-order valence-electron chi connectivity index (χ2n) is 9.08. The smallest absolute Gasteiger partial charge is 0.296 e. The summed E-state index contributed by atoms with van der Waals surface area (Å²) in [6, 6.07) is 13.7. The van der Waals surface area contributed by atoms with Crippen molar-refractivity contribution < 1.29 is 24.2 Å². The zero-order valence-corrected chi connectivity index (χ0v) is 20.6. The number of aliphatic hydroxyl groups is 1. The minimum absolute atomic E-state index is 0.187. The number of ketones is 1. The first-order valence-electron chi connectivity index (χ1n) is 11.8. The molecule has 1 atom stereocenters. The first-order chi connectivity index (χ1) is 16.8. The van der Waals surface area contributed by atoms with Crippen LogP contribution in [0.15, 0.2) is 54.1 Å². The number of amides is 2. The maximum Gasteiger partial charge on any atom is 0.296 e. The molecule has 2 heterocycles. The van der Waals surface area contributed by atoms with E-state index < -0.39 is 17.2 Å². The van der Waals surface area contributed by atoms with Gasteiger partial charge in [0.05, 0.1) is 18.4 Å². The van der Waals surface area contributed by atoms with E-state index in [0.29, 0.717) is 48.5 Å². The van der Waals surface area contributed by atoms with Gasteiger partial charge in [0.15, 0.2) is 5.54 Å². The Morgan fingerprint density at radius 1 is 1.03 bits per heavy atom. The Kier molecular flexibility index (Phi) is 6.67. The number of rotatable bonds is 8. The summed E-state index contributed by atoms with van der Waals surface area (Å²) in [6.07, 6.45) is 1.26. The van der Waals surface area contributed by atoms with Crippen molar-refractivity contribution in [3.8, 4) is 5.75 Å². The lowest BCUT2D eigenvalue weighted by Gasteiger charge is -2.34. The second-order valence-corrected chi connectivity index (χ2v) is 9.08. The number of likely N-dealkylation sites (tertiary alicyclic amines) is 1. The molecule has 2 aliphatic heterocycles. The quantitative estimate of drug-likeness (QED) is 0.357. The van der Waals surface area contributed by atoms with E-state index in [1.165, 1.54) is 12.0 Å². The lowest BCUT2D eigenvalue weighted by molar-refractivity contribution is -0.143. The summed E-state index contributed by atoms with van der Waals surface area (Å²) in [7, 11) is 5.38. The summed E-state index contributed by atoms with van der Waals surface area (Å²) in [5, 5.41) is 11.4. The molecule has 184 valence electrons. The van der Waals surface area contributed by atoms with Crippen LogP contribution in [0.5, 0.6) is 5.75 Å². The lowest BCUT2D eigenvalue weighted by atomic mass is 9.82. The van der Waals surface area contributed by atoms with Gasteiger partial charge in [0, 0.05) is 24.2 Å². The fourth-order valence-corrected chi connectivity index (χ4v) is 5.05. The van der Waals surface area contributed by atoms with Crippen LogP contribution >= 0.6 is 0 Å². The molecule has 0 unspecified atom stereocenters. The van der Waals surface area contributed by atoms with Crippen molar-refractivity contribution >= 4 is 29.0 Å². The van der Waals surface area contributed by atoms with Crippen molar-refractivity contribution in [1.82, 2.24) is 9.80 Å². The Balaban J connectivity index is 1.97. The lowest BCUT2D eigenvalue weighted by Crippen LogP contribution is -2.52. The standard InChI is InChI=1S/C27H31N3O5/c1-5-15-29-21-10-7-6-9-20(21)27(26(29)34)22(23(31)18-11-13-19(35-4)14-12-18)24(32)25(33)30(27)17-8-16-28(2)3/h6-7,9-14,31H,5,8,15-17H2,1-4H3/t27-/m0/s1. The third-order valence-electron chi connectivity index (χ3n) is 6.61. The van der Waals surface area contributed by atoms with Gasteiger partial charge < -0.3 is 24.5 Å². The van der Waals surface area contributed by atoms with Crippen LogP contribution in [0.3, 0.4) is 0 Å². The maximum absolute atomic E-state index is 14.2. The maximum atomic E-state index is 14.2. The number of methoxy groups -OCH3 is 1. The molecular weight excluding hydrogens is 446 g/mol. The number of fused-ring (bicyclic) bond motifs is 2. The third-order valence-corrected chi connectivity index (χ3v) is 6.61. The number of para-hydroxylation sites is 1. The van der Waals surface area contributed by atoms with Gasteiger partial charge in [0.1, 0.15) is 11.5 Å². The molecule has 2 amide bonds. The van der Waals surface area contributed by atoms with Crippen molar-refractivity contribution in [1.29, 1.82) is 0 Å². The first kappa shape index (κ1) is 24.5. The number of hydrogen-bond donors (Lipinski definition) is 1. The number of carbonyl (C=O) groups excluding carboxylic acids is 3. The molecule has 0 saturated carbocycles. The average molecular weight is 478 g/mol. The molecule has 1 saturated heterocycles. The highest BCUT2D eigenvalue weighted by atomic mass is 16.5. The normalized spacial score (nSPS) is 20.9. The van der Waals surface area contributed by atoms with Gasteiger partial charge in [-0.1, -0.05) is 25.1 Å². The first-order valence-corrected chi connectivity index (χ1v) is 11.8. The van der Waals surface area contributed by atoms with E-state index in [1.807, 2.05) is 38.1 Å². The van der Waals surface area contributed by atoms with Crippen LogP contribution in [-0.4, -0.2) is 73.3 Å². The summed E-state index contributed by atoms with van der Waals surface area (Å²) in [5.41, 5.74) is -0.377. The van der Waals surface area contributed by atoms with E-state index in [0.717, 1.165) is 0 Å². The Bertz CT molecular complexity index is 1190. The Morgan fingerprint density at radius 2 is 1.71 bits per heavy atom. The molecule has 1 fully saturated rings. The molecule has 1 spiro atoms. The number of hydrogen-bond acceptors (Lipinski definition) is 6. The largest absolute Gasteiger partial charge is 0.507 e. The van der Waals surface area contributed by atoms with Crippen LogP contribution < -0.4 is 9.64 Å². The minimum atomic E-state index is -1.71. The molecule has 2 aromatic carbocycles. The van der Waals surface area contributed by atoms with Crippen LogP contribution in [0.1, 0.15) is 30.9 Å². The molecule has 8 heteroatoms. The van der Waals surface area contributed by atoms with Gasteiger partial charge in [0.25, 0.3) is 17.6 Å². The molecule has 35 heavy (non-hydrogen) atoms. The Morgan fingerprint density at radius 3 is 2.34 bits per heavy atom. The van der Waals surface area contributed by atoms with Gasteiger partial charge in [0.2, 0.25) is 0 Å². The SMILES string of the molecule is CCCN1C(=O)[C@@]2(C(=C(O)c3ccc(OC)cc3)C(=O)C(=O)N2CCCN(C)C)c2ccccc21. The Labute approximate surface area is 205 Å². The van der Waals surface area contributed by atoms with Crippen molar-refractivity contribution in [2.75, 3.05) is 45.7 Å². The van der Waals surface area contributed by atoms with Crippen LogP contribution in [0.4, 0.5) is 5.69 Å². The number of Topliss-reactive ketones (excluding diaryl/α,β-unsaturated/α-hetero) is 1. The van der Waals surface area contributed by atoms with Gasteiger partial charge >= 0.3 is 0 Å². The highest BCUT2D eigenvalue weighted by Crippen LogP contribution is 2.53.